The molecule has 0 spiro atoms. The van der Waals surface area contributed by atoms with Crippen molar-refractivity contribution in [1.29, 1.82) is 0 Å². The van der Waals surface area contributed by atoms with Crippen LogP contribution in [0, 0.1) is 74.5 Å². The fourth-order valence-electron chi connectivity index (χ4n) is 12.2. The summed E-state index contributed by atoms with van der Waals surface area (Å²) in [5.74, 6) is -0.0797. The minimum Gasteiger partial charge on any atom is -0.331 e. The van der Waals surface area contributed by atoms with Gasteiger partial charge in [-0.25, -0.2) is 9.69 Å². The second kappa shape index (κ2) is 19.9. The van der Waals surface area contributed by atoms with Gasteiger partial charge in [-0.1, -0.05) is 174 Å². The molecule has 0 aromatic heterocycles. The lowest BCUT2D eigenvalue weighted by Crippen LogP contribution is -2.37. The van der Waals surface area contributed by atoms with Crippen LogP contribution in [0.4, 0.5) is 34.1 Å². The molecule has 12 rings (SSSR count). The van der Waals surface area contributed by atoms with Crippen molar-refractivity contribution in [2.24, 2.45) is 5.92 Å². The zero-order valence-corrected chi connectivity index (χ0v) is 45.6. The summed E-state index contributed by atoms with van der Waals surface area (Å²) < 4.78 is 0. The lowest BCUT2D eigenvalue weighted by Gasteiger charge is -2.44. The molecule has 0 N–H and O–H groups in total. The van der Waals surface area contributed by atoms with Gasteiger partial charge in [-0.2, -0.15) is 0 Å². The van der Waals surface area contributed by atoms with Gasteiger partial charge in [0, 0.05) is 34.1 Å². The second-order valence-corrected chi connectivity index (χ2v) is 21.6. The van der Waals surface area contributed by atoms with Gasteiger partial charge in [0.1, 0.15) is 0 Å². The molecule has 2 unspecified atom stereocenters. The summed E-state index contributed by atoms with van der Waals surface area (Å²) in [6, 6.07) is 56.8. The van der Waals surface area contributed by atoms with Crippen LogP contribution in [-0.4, -0.2) is 6.04 Å². The predicted octanol–water partition coefficient (Wildman–Crippen LogP) is 20.0. The zero-order chi connectivity index (χ0) is 53.9. The molecule has 4 aliphatic rings. The molecular weight excluding hydrogens is 945 g/mol. The van der Waals surface area contributed by atoms with Gasteiger partial charge >= 0.3 is 0 Å². The van der Waals surface area contributed by atoms with E-state index in [4.69, 9.17) is 13.1 Å². The monoisotopic (exact) mass is 1000 g/mol. The highest BCUT2D eigenvalue weighted by atomic mass is 15.2. The first-order chi connectivity index (χ1) is 37.8. The van der Waals surface area contributed by atoms with E-state index >= 15 is 0 Å². The van der Waals surface area contributed by atoms with Crippen molar-refractivity contribution < 1.29 is 0 Å². The third-order valence-corrected chi connectivity index (χ3v) is 16.2. The normalized spacial score (nSPS) is 15.8. The summed E-state index contributed by atoms with van der Waals surface area (Å²) in [5.41, 5.74) is 31.4. The third kappa shape index (κ3) is 8.76. The van der Waals surface area contributed by atoms with Crippen molar-refractivity contribution in [1.82, 2.24) is 0 Å². The average Bonchev–Trinajstić information content (AvgIpc) is 3.65. The first-order valence-electron chi connectivity index (χ1n) is 26.9. The number of aryl methyl sites for hydroxylation is 8. The van der Waals surface area contributed by atoms with E-state index < -0.39 is 0 Å². The molecule has 78 heavy (non-hydrogen) atoms. The van der Waals surface area contributed by atoms with E-state index in [1.165, 1.54) is 100 Å². The van der Waals surface area contributed by atoms with Gasteiger partial charge in [0.15, 0.2) is 11.4 Å². The molecule has 0 fully saturated rings. The Hall–Kier alpha value is -9.48. The van der Waals surface area contributed by atoms with E-state index in [1.807, 2.05) is 36.4 Å². The predicted molar refractivity (Wildman–Crippen MR) is 327 cm³/mol. The van der Waals surface area contributed by atoms with E-state index in [9.17, 15) is 0 Å². The maximum atomic E-state index is 8.20. The lowest BCUT2D eigenvalue weighted by molar-refractivity contribution is 0.773. The van der Waals surface area contributed by atoms with E-state index in [2.05, 4.69) is 245 Å². The van der Waals surface area contributed by atoms with Crippen LogP contribution in [0.5, 0.6) is 0 Å². The molecule has 0 radical (unpaired) electrons. The van der Waals surface area contributed by atoms with Crippen LogP contribution in [0.25, 0.3) is 54.2 Å². The highest BCUT2D eigenvalue weighted by Gasteiger charge is 2.41. The summed E-state index contributed by atoms with van der Waals surface area (Å²) in [4.78, 5) is 12.8. The van der Waals surface area contributed by atoms with Crippen LogP contribution in [0.15, 0.2) is 240 Å². The number of hydrogen-bond acceptors (Lipinski definition) is 2. The maximum absolute atomic E-state index is 8.20. The maximum Gasteiger partial charge on any atom is 0.189 e. The van der Waals surface area contributed by atoms with Gasteiger partial charge in [0.2, 0.25) is 0 Å². The SMILES string of the molecule is [C-]#[N+]c1cccc(N(C2=C3C=CC4=C5C(=CC=C(C=C2)C35)C(N(c2cccc([N+]#[C-])c2)c2ccc(-c3cc(C)ccc3C)cc2-c2cc(C)ccc2C)C=C4)c2ccc(-c3cc(C)ccc3C)cc2-c2cc(C)ccc2C)c1. The van der Waals surface area contributed by atoms with Crippen molar-refractivity contribution >= 4 is 34.1 Å². The standard InChI is InChI=1S/C74H60N4/c1-45-17-21-49(5)63(37-45)55-29-35-71(67(41-55)65-39-47(3)19-23-51(65)7)77(59-15-11-13-57(43-59)75-9)69-33-27-53-26-32-62-70(34-28-54-25-31-61(69)73(53)74(54)62)78(60-16-12-14-58(44-60)76-10)72-36-30-56(64-38-46(2)18-22-50(64)6)42-68(72)66-40-48(4)20-24-52(66)8/h11-44,69,74H,1-8H3. The molecule has 8 aromatic carbocycles. The van der Waals surface area contributed by atoms with E-state index in [0.717, 1.165) is 45.1 Å². The molecule has 4 aliphatic carbocycles. The molecule has 0 aliphatic heterocycles. The minimum atomic E-state index is -0.236. The Morgan fingerprint density at radius 2 is 0.936 bits per heavy atom. The Kier molecular flexibility index (Phi) is 12.6. The van der Waals surface area contributed by atoms with E-state index in [1.54, 1.807) is 0 Å². The molecule has 376 valence electrons. The highest BCUT2D eigenvalue weighted by Crippen LogP contribution is 2.54. The smallest absolute Gasteiger partial charge is 0.189 e. The summed E-state index contributed by atoms with van der Waals surface area (Å²) in [6.45, 7) is 33.9. The first-order valence-corrected chi connectivity index (χ1v) is 26.9. The van der Waals surface area contributed by atoms with Gasteiger partial charge in [-0.15, -0.1) is 0 Å². The number of allylic oxidation sites excluding steroid dienone is 10. The van der Waals surface area contributed by atoms with Crippen molar-refractivity contribution in [3.05, 3.63) is 307 Å². The number of rotatable bonds is 10. The molecule has 4 nitrogen and oxygen atoms in total. The van der Waals surface area contributed by atoms with Gasteiger partial charge in [-0.05, 0) is 193 Å². The van der Waals surface area contributed by atoms with Gasteiger partial charge in [0.05, 0.1) is 30.6 Å². The largest absolute Gasteiger partial charge is 0.331 e. The highest BCUT2D eigenvalue weighted by molar-refractivity contribution is 5.93. The molecule has 0 saturated carbocycles. The van der Waals surface area contributed by atoms with Crippen molar-refractivity contribution in [3.63, 3.8) is 0 Å². The number of anilines is 4. The number of hydrogen-bond donors (Lipinski definition) is 0. The van der Waals surface area contributed by atoms with Crippen LogP contribution < -0.4 is 9.80 Å². The Balaban J connectivity index is 1.05. The Morgan fingerprint density at radius 3 is 1.51 bits per heavy atom. The molecule has 2 atom stereocenters. The van der Waals surface area contributed by atoms with Gasteiger partial charge in [0.25, 0.3) is 0 Å². The number of nitrogens with zero attached hydrogens (tertiary/aromatic N) is 4. The Labute approximate surface area is 460 Å². The summed E-state index contributed by atoms with van der Waals surface area (Å²) in [7, 11) is 0. The molecule has 0 heterocycles. The topological polar surface area (TPSA) is 15.2 Å². The van der Waals surface area contributed by atoms with Crippen LogP contribution in [0.2, 0.25) is 0 Å². The molecule has 0 bridgehead atoms. The Morgan fingerprint density at radius 1 is 0.423 bits per heavy atom. The Bertz CT molecular complexity index is 4170. The summed E-state index contributed by atoms with van der Waals surface area (Å²) in [5, 5.41) is 0. The minimum absolute atomic E-state index is 0.0797. The summed E-state index contributed by atoms with van der Waals surface area (Å²) >= 11 is 0. The van der Waals surface area contributed by atoms with E-state index in [0.29, 0.717) is 11.4 Å². The zero-order valence-electron chi connectivity index (χ0n) is 45.6. The van der Waals surface area contributed by atoms with E-state index in [-0.39, 0.29) is 12.0 Å². The van der Waals surface area contributed by atoms with Crippen LogP contribution in [0.1, 0.15) is 44.5 Å². The van der Waals surface area contributed by atoms with Gasteiger partial charge < -0.3 is 9.80 Å². The molecule has 4 heteroatoms. The van der Waals surface area contributed by atoms with Crippen LogP contribution >= 0.6 is 0 Å². The number of benzene rings is 8. The van der Waals surface area contributed by atoms with Crippen molar-refractivity contribution in [3.8, 4) is 44.5 Å². The first kappa shape index (κ1) is 49.4. The average molecular weight is 1010 g/mol. The molecule has 0 saturated heterocycles. The third-order valence-electron chi connectivity index (χ3n) is 16.2. The van der Waals surface area contributed by atoms with Crippen molar-refractivity contribution in [2.75, 3.05) is 9.80 Å². The molecular formula is C74H60N4. The lowest BCUT2D eigenvalue weighted by atomic mass is 9.67. The molecule has 8 aromatic rings. The fraction of sp³-hybridized carbons (Fsp3) is 0.135. The molecule has 0 amide bonds. The fourth-order valence-corrected chi connectivity index (χ4v) is 12.2. The van der Waals surface area contributed by atoms with Gasteiger partial charge in [-0.3, -0.25) is 0 Å². The second-order valence-electron chi connectivity index (χ2n) is 21.6. The van der Waals surface area contributed by atoms with Crippen LogP contribution in [0.3, 0.4) is 0 Å². The quantitative estimate of drug-likeness (QED) is 0.127. The summed E-state index contributed by atoms with van der Waals surface area (Å²) in [6.07, 6.45) is 18.6. The van der Waals surface area contributed by atoms with Crippen molar-refractivity contribution in [2.45, 2.75) is 61.4 Å². The van der Waals surface area contributed by atoms with Crippen LogP contribution in [-0.2, 0) is 0 Å².